The van der Waals surface area contributed by atoms with Gasteiger partial charge in [0.25, 0.3) is 11.5 Å². The minimum absolute atomic E-state index is 0.0990. The highest BCUT2D eigenvalue weighted by atomic mass is 32.1. The van der Waals surface area contributed by atoms with E-state index in [2.05, 4.69) is 24.1 Å². The molecule has 3 rings (SSSR count). The molecule has 3 atom stereocenters. The molecule has 1 amide bonds. The molecule has 29 heavy (non-hydrogen) atoms. The van der Waals surface area contributed by atoms with Gasteiger partial charge < -0.3 is 15.0 Å². The second-order valence-corrected chi connectivity index (χ2v) is 8.43. The van der Waals surface area contributed by atoms with Crippen molar-refractivity contribution >= 4 is 29.0 Å². The van der Waals surface area contributed by atoms with E-state index < -0.39 is 0 Å². The Morgan fingerprint density at radius 2 is 2.14 bits per heavy atom. The average molecular weight is 418 g/mol. The van der Waals surface area contributed by atoms with Crippen LogP contribution in [0, 0.1) is 16.6 Å². The Labute approximate surface area is 176 Å². The number of rotatable bonds is 7. The van der Waals surface area contributed by atoms with Crippen LogP contribution in [0.1, 0.15) is 56.8 Å². The van der Waals surface area contributed by atoms with E-state index in [1.807, 2.05) is 6.92 Å². The van der Waals surface area contributed by atoms with E-state index in [0.717, 1.165) is 19.3 Å². The second kappa shape index (κ2) is 9.67. The van der Waals surface area contributed by atoms with Crippen LogP contribution in [0.4, 0.5) is 0 Å². The highest BCUT2D eigenvalue weighted by Crippen LogP contribution is 2.29. The molecule has 7 heteroatoms. The molecular weight excluding hydrogens is 386 g/mol. The van der Waals surface area contributed by atoms with Gasteiger partial charge in [-0.25, -0.2) is 0 Å². The predicted octanol–water partition coefficient (Wildman–Crippen LogP) is 4.04. The van der Waals surface area contributed by atoms with Gasteiger partial charge in [-0.15, -0.1) is 0 Å². The maximum Gasteiger partial charge on any atom is 0.262 e. The van der Waals surface area contributed by atoms with Gasteiger partial charge in [-0.1, -0.05) is 26.7 Å². The zero-order chi connectivity index (χ0) is 21.0. The molecule has 1 aromatic heterocycles. The van der Waals surface area contributed by atoms with E-state index in [4.69, 9.17) is 17.0 Å². The lowest BCUT2D eigenvalue weighted by Crippen LogP contribution is -2.43. The van der Waals surface area contributed by atoms with Crippen LogP contribution in [0.15, 0.2) is 23.0 Å². The van der Waals surface area contributed by atoms with Gasteiger partial charge in [0, 0.05) is 31.4 Å². The van der Waals surface area contributed by atoms with E-state index >= 15 is 0 Å². The lowest BCUT2D eigenvalue weighted by atomic mass is 9.78. The topological polar surface area (TPSA) is 76.1 Å². The Balaban J connectivity index is 1.80. The summed E-state index contributed by atoms with van der Waals surface area (Å²) in [6, 6.07) is 5.35. The normalized spacial score (nSPS) is 22.0. The number of ether oxygens (including phenoxy) is 1. The number of nitrogens with zero attached hydrogens (tertiary/aromatic N) is 1. The SMILES string of the molecule is CCOCCCn1c(=S)[nH]c2cc(C(=O)N[C@@H]3CCC[C@H](C)[C@@H]3C)ccc2c1=O. The van der Waals surface area contributed by atoms with Crippen LogP contribution in [0.3, 0.4) is 0 Å². The van der Waals surface area contributed by atoms with Crippen molar-refractivity contribution in [3.05, 3.63) is 38.9 Å². The number of hydrogen-bond donors (Lipinski definition) is 2. The van der Waals surface area contributed by atoms with Crippen molar-refractivity contribution in [2.24, 2.45) is 11.8 Å². The summed E-state index contributed by atoms with van der Waals surface area (Å²) in [7, 11) is 0. The van der Waals surface area contributed by atoms with Crippen molar-refractivity contribution in [3.8, 4) is 0 Å². The van der Waals surface area contributed by atoms with E-state index in [9.17, 15) is 9.59 Å². The quantitative estimate of drug-likeness (QED) is 0.527. The number of fused-ring (bicyclic) bond motifs is 1. The minimum Gasteiger partial charge on any atom is -0.382 e. The van der Waals surface area contributed by atoms with E-state index in [1.165, 1.54) is 6.42 Å². The molecule has 1 aliphatic rings. The van der Waals surface area contributed by atoms with Gasteiger partial charge in [-0.05, 0) is 62.0 Å². The number of carbonyl (C=O) groups excluding carboxylic acids is 1. The summed E-state index contributed by atoms with van der Waals surface area (Å²) in [4.78, 5) is 28.7. The van der Waals surface area contributed by atoms with Gasteiger partial charge in [0.1, 0.15) is 0 Å². The van der Waals surface area contributed by atoms with Crippen molar-refractivity contribution in [1.82, 2.24) is 14.9 Å². The number of benzene rings is 1. The average Bonchev–Trinajstić information content (AvgIpc) is 2.70. The summed E-state index contributed by atoms with van der Waals surface area (Å²) in [6.07, 6.45) is 4.09. The van der Waals surface area contributed by atoms with E-state index in [0.29, 0.717) is 52.8 Å². The Kier molecular flexibility index (Phi) is 7.24. The predicted molar refractivity (Wildman–Crippen MR) is 118 cm³/mol. The second-order valence-electron chi connectivity index (χ2n) is 8.05. The third-order valence-electron chi connectivity index (χ3n) is 6.14. The summed E-state index contributed by atoms with van der Waals surface area (Å²) in [5.74, 6) is 0.976. The minimum atomic E-state index is -0.137. The first kappa shape index (κ1) is 21.7. The molecule has 1 fully saturated rings. The first-order valence-corrected chi connectivity index (χ1v) is 11.0. The molecule has 1 aromatic carbocycles. The van der Waals surface area contributed by atoms with Gasteiger partial charge in [0.2, 0.25) is 0 Å². The third-order valence-corrected chi connectivity index (χ3v) is 6.46. The smallest absolute Gasteiger partial charge is 0.262 e. The molecule has 0 spiro atoms. The summed E-state index contributed by atoms with van der Waals surface area (Å²) in [6.45, 7) is 8.15. The fourth-order valence-electron chi connectivity index (χ4n) is 4.11. The summed E-state index contributed by atoms with van der Waals surface area (Å²) >= 11 is 5.38. The summed E-state index contributed by atoms with van der Waals surface area (Å²) in [5.41, 5.74) is 1.00. The Bertz CT molecular complexity index is 981. The molecule has 0 radical (unpaired) electrons. The Hall–Kier alpha value is -1.99. The van der Waals surface area contributed by atoms with Crippen LogP contribution in [0.25, 0.3) is 10.9 Å². The zero-order valence-electron chi connectivity index (χ0n) is 17.5. The maximum absolute atomic E-state index is 12.8. The van der Waals surface area contributed by atoms with Gasteiger partial charge in [-0.3, -0.25) is 14.2 Å². The number of hydrogen-bond acceptors (Lipinski definition) is 4. The summed E-state index contributed by atoms with van der Waals surface area (Å²) in [5, 5.41) is 3.72. The summed E-state index contributed by atoms with van der Waals surface area (Å²) < 4.78 is 7.26. The van der Waals surface area contributed by atoms with Gasteiger partial charge >= 0.3 is 0 Å². The zero-order valence-corrected chi connectivity index (χ0v) is 18.3. The van der Waals surface area contributed by atoms with Gasteiger partial charge in [0.15, 0.2) is 4.77 Å². The van der Waals surface area contributed by atoms with Crippen molar-refractivity contribution < 1.29 is 9.53 Å². The highest BCUT2D eigenvalue weighted by molar-refractivity contribution is 7.71. The van der Waals surface area contributed by atoms with Crippen LogP contribution in [0.5, 0.6) is 0 Å². The van der Waals surface area contributed by atoms with E-state index in [-0.39, 0.29) is 17.5 Å². The monoisotopic (exact) mass is 417 g/mol. The molecule has 0 bridgehead atoms. The van der Waals surface area contributed by atoms with Crippen LogP contribution < -0.4 is 10.9 Å². The molecule has 6 nitrogen and oxygen atoms in total. The molecule has 0 saturated heterocycles. The van der Waals surface area contributed by atoms with Gasteiger partial charge in [0.05, 0.1) is 10.9 Å². The molecule has 0 unspecified atom stereocenters. The van der Waals surface area contributed by atoms with Crippen LogP contribution in [-0.4, -0.2) is 34.7 Å². The molecule has 2 aromatic rings. The molecular formula is C22H31N3O3S. The Morgan fingerprint density at radius 3 is 2.90 bits per heavy atom. The number of amides is 1. The lowest BCUT2D eigenvalue weighted by Gasteiger charge is -2.34. The molecule has 2 N–H and O–H groups in total. The number of H-pyrrole nitrogens is 1. The molecule has 0 aliphatic heterocycles. The number of aromatic amines is 1. The van der Waals surface area contributed by atoms with Crippen molar-refractivity contribution in [1.29, 1.82) is 0 Å². The van der Waals surface area contributed by atoms with Crippen molar-refractivity contribution in [3.63, 3.8) is 0 Å². The lowest BCUT2D eigenvalue weighted by molar-refractivity contribution is 0.0891. The largest absolute Gasteiger partial charge is 0.382 e. The molecule has 158 valence electrons. The highest BCUT2D eigenvalue weighted by Gasteiger charge is 2.28. The van der Waals surface area contributed by atoms with Crippen LogP contribution in [0.2, 0.25) is 0 Å². The number of carbonyl (C=O) groups is 1. The molecule has 1 saturated carbocycles. The molecule has 1 aliphatic carbocycles. The first-order chi connectivity index (χ1) is 13.9. The standard InChI is InChI=1S/C22H31N3O3S/c1-4-28-12-6-11-25-21(27)17-10-9-16(13-19(17)24-22(25)29)20(26)23-18-8-5-7-14(2)15(18)3/h9-10,13-15,18H,4-8,11-12H2,1-3H3,(H,23,26)(H,24,29)/t14-,15-,18+/m0/s1. The number of aromatic nitrogens is 2. The molecule has 1 heterocycles. The maximum atomic E-state index is 12.8. The van der Waals surface area contributed by atoms with Crippen molar-refractivity contribution in [2.45, 2.75) is 59.0 Å². The third kappa shape index (κ3) is 4.95. The Morgan fingerprint density at radius 1 is 1.34 bits per heavy atom. The fraction of sp³-hybridized carbons (Fsp3) is 0.591. The first-order valence-electron chi connectivity index (χ1n) is 10.6. The van der Waals surface area contributed by atoms with Crippen molar-refractivity contribution in [2.75, 3.05) is 13.2 Å². The van der Waals surface area contributed by atoms with Crippen LogP contribution >= 0.6 is 12.2 Å². The fourth-order valence-corrected chi connectivity index (χ4v) is 4.39. The van der Waals surface area contributed by atoms with E-state index in [1.54, 1.807) is 22.8 Å². The van der Waals surface area contributed by atoms with Gasteiger partial charge in [-0.2, -0.15) is 0 Å². The van der Waals surface area contributed by atoms with Crippen LogP contribution in [-0.2, 0) is 11.3 Å². The number of nitrogens with one attached hydrogen (secondary N) is 2.